The highest BCUT2D eigenvalue weighted by Gasteiger charge is 2.32. The summed E-state index contributed by atoms with van der Waals surface area (Å²) in [7, 11) is 0. The molecule has 0 spiro atoms. The van der Waals surface area contributed by atoms with Gasteiger partial charge in [-0.15, -0.1) is 0 Å². The van der Waals surface area contributed by atoms with Crippen LogP contribution in [-0.2, 0) is 0 Å². The maximum Gasteiger partial charge on any atom is -0.0383 e. The van der Waals surface area contributed by atoms with Crippen molar-refractivity contribution in [2.45, 2.75) is 65.2 Å². The third-order valence-corrected chi connectivity index (χ3v) is 4.26. The first-order valence-corrected chi connectivity index (χ1v) is 6.75. The van der Waals surface area contributed by atoms with Gasteiger partial charge in [0.05, 0.1) is 0 Å². The molecule has 0 bridgehead atoms. The van der Waals surface area contributed by atoms with Crippen LogP contribution in [0.25, 0.3) is 0 Å². The Morgan fingerprint density at radius 3 is 2.14 bits per heavy atom. The van der Waals surface area contributed by atoms with E-state index in [-0.39, 0.29) is 0 Å². The van der Waals surface area contributed by atoms with Gasteiger partial charge in [-0.2, -0.15) is 0 Å². The topological polar surface area (TPSA) is 0 Å². The van der Waals surface area contributed by atoms with Crippen LogP contribution in [0.2, 0.25) is 0 Å². The molecule has 0 aromatic heterocycles. The van der Waals surface area contributed by atoms with Gasteiger partial charge in [-0.1, -0.05) is 52.4 Å². The van der Waals surface area contributed by atoms with Gasteiger partial charge in [0.1, 0.15) is 0 Å². The molecule has 2 aliphatic carbocycles. The molecule has 1 atom stereocenters. The lowest BCUT2D eigenvalue weighted by Crippen LogP contribution is -2.23. The molecule has 2 rings (SSSR count). The van der Waals surface area contributed by atoms with Gasteiger partial charge < -0.3 is 0 Å². The molecule has 2 fully saturated rings. The summed E-state index contributed by atoms with van der Waals surface area (Å²) in [6.45, 7) is 4.74. The second-order valence-electron chi connectivity index (χ2n) is 6.10. The molecular weight excluding hydrogens is 168 g/mol. The van der Waals surface area contributed by atoms with Crippen LogP contribution in [0, 0.1) is 23.7 Å². The molecule has 0 amide bonds. The summed E-state index contributed by atoms with van der Waals surface area (Å²) in [5, 5.41) is 0. The van der Waals surface area contributed by atoms with Crippen LogP contribution in [0.3, 0.4) is 0 Å². The molecule has 2 aliphatic rings. The van der Waals surface area contributed by atoms with Crippen LogP contribution < -0.4 is 0 Å². The Kier molecular flexibility index (Phi) is 3.52. The van der Waals surface area contributed by atoms with Crippen molar-refractivity contribution in [1.29, 1.82) is 0 Å². The molecule has 0 heteroatoms. The standard InChI is InChI=1S/C14H26/c1-11(2)6-9-14(10-12-7-8-12)13-4-3-5-13/h11-14H,3-10H2,1-2H3. The van der Waals surface area contributed by atoms with E-state index in [9.17, 15) is 0 Å². The van der Waals surface area contributed by atoms with Crippen molar-refractivity contribution < 1.29 is 0 Å². The van der Waals surface area contributed by atoms with E-state index in [1.807, 2.05) is 0 Å². The lowest BCUT2D eigenvalue weighted by molar-refractivity contribution is 0.172. The summed E-state index contributed by atoms with van der Waals surface area (Å²) in [6.07, 6.45) is 12.3. The van der Waals surface area contributed by atoms with Crippen LogP contribution in [0.15, 0.2) is 0 Å². The number of hydrogen-bond acceptors (Lipinski definition) is 0. The summed E-state index contributed by atoms with van der Waals surface area (Å²) in [5.41, 5.74) is 0. The molecule has 0 heterocycles. The quantitative estimate of drug-likeness (QED) is 0.578. The van der Waals surface area contributed by atoms with Crippen LogP contribution in [0.5, 0.6) is 0 Å². The van der Waals surface area contributed by atoms with Crippen molar-refractivity contribution in [3.63, 3.8) is 0 Å². The normalized spacial score (nSPS) is 25.1. The second kappa shape index (κ2) is 4.68. The molecule has 0 aromatic rings. The fraction of sp³-hybridized carbons (Fsp3) is 1.00. The molecule has 0 nitrogen and oxygen atoms in total. The highest BCUT2D eigenvalue weighted by atomic mass is 14.4. The highest BCUT2D eigenvalue weighted by molar-refractivity contribution is 4.83. The second-order valence-corrected chi connectivity index (χ2v) is 6.10. The molecule has 14 heavy (non-hydrogen) atoms. The molecular formula is C14H26. The maximum atomic E-state index is 2.37. The molecule has 0 aliphatic heterocycles. The predicted octanol–water partition coefficient (Wildman–Crippen LogP) is 4.64. The minimum atomic E-state index is 0.914. The fourth-order valence-electron chi connectivity index (χ4n) is 2.79. The first-order valence-electron chi connectivity index (χ1n) is 6.75. The zero-order valence-corrected chi connectivity index (χ0v) is 9.97. The Morgan fingerprint density at radius 1 is 1.00 bits per heavy atom. The third kappa shape index (κ3) is 3.00. The lowest BCUT2D eigenvalue weighted by Gasteiger charge is -2.34. The van der Waals surface area contributed by atoms with Gasteiger partial charge in [-0.3, -0.25) is 0 Å². The van der Waals surface area contributed by atoms with Crippen LogP contribution in [0.4, 0.5) is 0 Å². The van der Waals surface area contributed by atoms with E-state index in [1.165, 1.54) is 19.3 Å². The Bertz CT molecular complexity index is 163. The summed E-state index contributed by atoms with van der Waals surface area (Å²) in [6, 6.07) is 0. The molecule has 0 N–H and O–H groups in total. The molecule has 0 radical (unpaired) electrons. The van der Waals surface area contributed by atoms with Gasteiger partial charge in [0.25, 0.3) is 0 Å². The average Bonchev–Trinajstić information content (AvgIpc) is 2.80. The highest BCUT2D eigenvalue weighted by Crippen LogP contribution is 2.44. The van der Waals surface area contributed by atoms with Crippen molar-refractivity contribution in [1.82, 2.24) is 0 Å². The lowest BCUT2D eigenvalue weighted by atomic mass is 9.71. The third-order valence-electron chi connectivity index (χ3n) is 4.26. The van der Waals surface area contributed by atoms with Gasteiger partial charge in [0.2, 0.25) is 0 Å². The van der Waals surface area contributed by atoms with E-state index < -0.39 is 0 Å². The van der Waals surface area contributed by atoms with Crippen LogP contribution in [0.1, 0.15) is 65.2 Å². The van der Waals surface area contributed by atoms with E-state index in [0.29, 0.717) is 0 Å². The van der Waals surface area contributed by atoms with E-state index in [1.54, 1.807) is 32.1 Å². The average molecular weight is 194 g/mol. The van der Waals surface area contributed by atoms with E-state index >= 15 is 0 Å². The maximum absolute atomic E-state index is 2.37. The zero-order valence-electron chi connectivity index (χ0n) is 9.97. The predicted molar refractivity (Wildman–Crippen MR) is 62.2 cm³/mol. The Labute approximate surface area is 89.5 Å². The first kappa shape index (κ1) is 10.5. The van der Waals surface area contributed by atoms with Gasteiger partial charge in [0.15, 0.2) is 0 Å². The first-order chi connectivity index (χ1) is 6.75. The molecule has 2 saturated carbocycles. The van der Waals surface area contributed by atoms with E-state index in [4.69, 9.17) is 0 Å². The fourth-order valence-corrected chi connectivity index (χ4v) is 2.79. The monoisotopic (exact) mass is 194 g/mol. The van der Waals surface area contributed by atoms with E-state index in [0.717, 1.165) is 23.7 Å². The van der Waals surface area contributed by atoms with Crippen molar-refractivity contribution >= 4 is 0 Å². The Morgan fingerprint density at radius 2 is 1.71 bits per heavy atom. The zero-order chi connectivity index (χ0) is 9.97. The van der Waals surface area contributed by atoms with Crippen molar-refractivity contribution in [2.75, 3.05) is 0 Å². The molecule has 1 unspecified atom stereocenters. The smallest absolute Gasteiger partial charge is 0.0383 e. The summed E-state index contributed by atoms with van der Waals surface area (Å²) >= 11 is 0. The number of hydrogen-bond donors (Lipinski definition) is 0. The Balaban J connectivity index is 1.72. The van der Waals surface area contributed by atoms with Gasteiger partial charge in [0, 0.05) is 0 Å². The van der Waals surface area contributed by atoms with E-state index in [2.05, 4.69) is 13.8 Å². The van der Waals surface area contributed by atoms with Crippen LogP contribution >= 0.6 is 0 Å². The molecule has 0 saturated heterocycles. The van der Waals surface area contributed by atoms with Gasteiger partial charge in [-0.25, -0.2) is 0 Å². The minimum absolute atomic E-state index is 0.914. The summed E-state index contributed by atoms with van der Waals surface area (Å²) in [5.74, 6) is 4.30. The molecule has 82 valence electrons. The van der Waals surface area contributed by atoms with Crippen molar-refractivity contribution in [2.24, 2.45) is 23.7 Å². The van der Waals surface area contributed by atoms with Crippen molar-refractivity contribution in [3.05, 3.63) is 0 Å². The summed E-state index contributed by atoms with van der Waals surface area (Å²) < 4.78 is 0. The largest absolute Gasteiger partial charge is 0.0628 e. The number of rotatable bonds is 6. The van der Waals surface area contributed by atoms with Crippen LogP contribution in [-0.4, -0.2) is 0 Å². The SMILES string of the molecule is CC(C)CCC(CC1CC1)C1CCC1. The van der Waals surface area contributed by atoms with Gasteiger partial charge in [-0.05, 0) is 36.5 Å². The van der Waals surface area contributed by atoms with Gasteiger partial charge >= 0.3 is 0 Å². The minimum Gasteiger partial charge on any atom is -0.0628 e. The van der Waals surface area contributed by atoms with Crippen molar-refractivity contribution in [3.8, 4) is 0 Å². The summed E-state index contributed by atoms with van der Waals surface area (Å²) in [4.78, 5) is 0. The molecule has 0 aromatic carbocycles. The Hall–Kier alpha value is 0.